The van der Waals surface area contributed by atoms with Crippen LogP contribution in [0.2, 0.25) is 0 Å². The van der Waals surface area contributed by atoms with Crippen molar-refractivity contribution in [3.8, 4) is 0 Å². The third kappa shape index (κ3) is 1.50. The molecule has 0 spiro atoms. The summed E-state index contributed by atoms with van der Waals surface area (Å²) < 4.78 is 4.96. The van der Waals surface area contributed by atoms with Crippen molar-refractivity contribution in [3.05, 3.63) is 24.3 Å². The van der Waals surface area contributed by atoms with E-state index in [0.717, 1.165) is 0 Å². The molecular formula is C9H12O2. The largest absolute Gasteiger partial charge is 0.457 e. The van der Waals surface area contributed by atoms with Crippen molar-refractivity contribution in [2.45, 2.75) is 19.4 Å². The minimum absolute atomic E-state index is 0.248. The molecule has 0 N–H and O–H groups in total. The molecule has 2 atom stereocenters. The molecule has 2 unspecified atom stereocenters. The standard InChI is InChI=1S/C9H12O2/c1-8-5-3-4-6-9(8,2)11-7-10/h3-8H,1-2H3. The Morgan fingerprint density at radius 2 is 2.27 bits per heavy atom. The first-order valence-electron chi connectivity index (χ1n) is 3.66. The van der Waals surface area contributed by atoms with Gasteiger partial charge in [-0.3, -0.25) is 4.79 Å². The molecule has 0 saturated carbocycles. The highest BCUT2D eigenvalue weighted by Crippen LogP contribution is 2.26. The average molecular weight is 152 g/mol. The van der Waals surface area contributed by atoms with Crippen molar-refractivity contribution in [3.63, 3.8) is 0 Å². The lowest BCUT2D eigenvalue weighted by atomic mass is 9.87. The second kappa shape index (κ2) is 2.91. The zero-order chi connectivity index (χ0) is 8.32. The van der Waals surface area contributed by atoms with Crippen molar-refractivity contribution in [2.75, 3.05) is 0 Å². The molecule has 0 aliphatic heterocycles. The van der Waals surface area contributed by atoms with Crippen molar-refractivity contribution in [1.82, 2.24) is 0 Å². The van der Waals surface area contributed by atoms with Crippen LogP contribution in [0, 0.1) is 5.92 Å². The Labute approximate surface area is 66.5 Å². The molecule has 11 heavy (non-hydrogen) atoms. The Bertz CT molecular complexity index is 206. The van der Waals surface area contributed by atoms with Crippen molar-refractivity contribution < 1.29 is 9.53 Å². The molecule has 0 aromatic carbocycles. The van der Waals surface area contributed by atoms with Gasteiger partial charge in [0.15, 0.2) is 0 Å². The number of carbonyl (C=O) groups excluding carboxylic acids is 1. The molecule has 0 bridgehead atoms. The summed E-state index contributed by atoms with van der Waals surface area (Å²) >= 11 is 0. The fourth-order valence-electron chi connectivity index (χ4n) is 1.07. The number of ether oxygens (including phenoxy) is 1. The highest BCUT2D eigenvalue weighted by atomic mass is 16.5. The summed E-state index contributed by atoms with van der Waals surface area (Å²) in [6, 6.07) is 0. The summed E-state index contributed by atoms with van der Waals surface area (Å²) in [4.78, 5) is 10.1. The number of hydrogen-bond acceptors (Lipinski definition) is 2. The summed E-state index contributed by atoms with van der Waals surface area (Å²) in [5, 5.41) is 0. The van der Waals surface area contributed by atoms with Crippen molar-refractivity contribution in [2.24, 2.45) is 5.92 Å². The Hall–Kier alpha value is -1.05. The smallest absolute Gasteiger partial charge is 0.293 e. The van der Waals surface area contributed by atoms with Gasteiger partial charge < -0.3 is 4.74 Å². The van der Waals surface area contributed by atoms with E-state index in [-0.39, 0.29) is 5.92 Å². The SMILES string of the molecule is CC1C=CC=CC1(C)OC=O. The maximum Gasteiger partial charge on any atom is 0.293 e. The quantitative estimate of drug-likeness (QED) is 0.563. The van der Waals surface area contributed by atoms with Crippen LogP contribution in [0.5, 0.6) is 0 Å². The van der Waals surface area contributed by atoms with E-state index >= 15 is 0 Å². The number of carbonyl (C=O) groups is 1. The summed E-state index contributed by atoms with van der Waals surface area (Å²) in [7, 11) is 0. The predicted molar refractivity (Wildman–Crippen MR) is 43.0 cm³/mol. The second-order valence-corrected chi connectivity index (χ2v) is 2.93. The van der Waals surface area contributed by atoms with Crippen LogP contribution in [-0.4, -0.2) is 12.1 Å². The lowest BCUT2D eigenvalue weighted by molar-refractivity contribution is -0.140. The van der Waals surface area contributed by atoms with Crippen molar-refractivity contribution >= 4 is 6.47 Å². The fraction of sp³-hybridized carbons (Fsp3) is 0.444. The van der Waals surface area contributed by atoms with Gasteiger partial charge in [0.1, 0.15) is 5.60 Å². The molecule has 0 radical (unpaired) electrons. The van der Waals surface area contributed by atoms with Gasteiger partial charge in [0, 0.05) is 5.92 Å². The summed E-state index contributed by atoms with van der Waals surface area (Å²) in [5.74, 6) is 0.248. The molecule has 2 heteroatoms. The molecule has 0 aromatic heterocycles. The molecule has 0 aromatic rings. The van der Waals surface area contributed by atoms with Gasteiger partial charge in [-0.2, -0.15) is 0 Å². The predicted octanol–water partition coefficient (Wildman–Crippen LogP) is 1.68. The third-order valence-corrected chi connectivity index (χ3v) is 2.14. The van der Waals surface area contributed by atoms with Gasteiger partial charge in [-0.25, -0.2) is 0 Å². The Morgan fingerprint density at radius 3 is 2.82 bits per heavy atom. The molecule has 60 valence electrons. The zero-order valence-electron chi connectivity index (χ0n) is 6.78. The monoisotopic (exact) mass is 152 g/mol. The van der Waals surface area contributed by atoms with Gasteiger partial charge in [0.2, 0.25) is 0 Å². The Kier molecular flexibility index (Phi) is 2.13. The average Bonchev–Trinajstić information content (AvgIpc) is 1.96. The lowest BCUT2D eigenvalue weighted by Crippen LogP contribution is -2.33. The van der Waals surface area contributed by atoms with Gasteiger partial charge in [-0.15, -0.1) is 0 Å². The summed E-state index contributed by atoms with van der Waals surface area (Å²) in [6.07, 6.45) is 7.76. The molecular weight excluding hydrogens is 140 g/mol. The summed E-state index contributed by atoms with van der Waals surface area (Å²) in [6.45, 7) is 4.41. The van der Waals surface area contributed by atoms with Crippen LogP contribution >= 0.6 is 0 Å². The number of hydrogen-bond donors (Lipinski definition) is 0. The maximum absolute atomic E-state index is 10.1. The highest BCUT2D eigenvalue weighted by molar-refractivity contribution is 5.40. The van der Waals surface area contributed by atoms with E-state index in [2.05, 4.69) is 0 Å². The van der Waals surface area contributed by atoms with Crippen LogP contribution in [0.15, 0.2) is 24.3 Å². The molecule has 1 aliphatic carbocycles. The molecule has 1 aliphatic rings. The maximum atomic E-state index is 10.1. The molecule has 0 saturated heterocycles. The van der Waals surface area contributed by atoms with Gasteiger partial charge in [0.25, 0.3) is 6.47 Å². The lowest BCUT2D eigenvalue weighted by Gasteiger charge is -2.30. The Balaban J connectivity index is 2.76. The third-order valence-electron chi connectivity index (χ3n) is 2.14. The van der Waals surface area contributed by atoms with E-state index in [1.807, 2.05) is 38.2 Å². The molecule has 2 nitrogen and oxygen atoms in total. The van der Waals surface area contributed by atoms with Crippen molar-refractivity contribution in [1.29, 1.82) is 0 Å². The van der Waals surface area contributed by atoms with Crippen LogP contribution in [0.25, 0.3) is 0 Å². The van der Waals surface area contributed by atoms with Crippen LogP contribution in [0.3, 0.4) is 0 Å². The topological polar surface area (TPSA) is 26.3 Å². The first kappa shape index (κ1) is 8.05. The van der Waals surface area contributed by atoms with Crippen LogP contribution in [0.4, 0.5) is 0 Å². The van der Waals surface area contributed by atoms with E-state index in [1.54, 1.807) is 0 Å². The van der Waals surface area contributed by atoms with E-state index in [9.17, 15) is 4.79 Å². The van der Waals surface area contributed by atoms with Crippen LogP contribution in [-0.2, 0) is 9.53 Å². The van der Waals surface area contributed by atoms with E-state index in [1.165, 1.54) is 0 Å². The van der Waals surface area contributed by atoms with Gasteiger partial charge in [-0.1, -0.05) is 25.2 Å². The zero-order valence-corrected chi connectivity index (χ0v) is 6.78. The first-order chi connectivity index (χ1) is 5.19. The molecule has 1 rings (SSSR count). The fourth-order valence-corrected chi connectivity index (χ4v) is 1.07. The Morgan fingerprint density at radius 1 is 1.55 bits per heavy atom. The molecule has 0 heterocycles. The van der Waals surface area contributed by atoms with Crippen LogP contribution < -0.4 is 0 Å². The van der Waals surface area contributed by atoms with E-state index in [4.69, 9.17) is 4.74 Å². The van der Waals surface area contributed by atoms with E-state index < -0.39 is 5.60 Å². The first-order valence-corrected chi connectivity index (χ1v) is 3.66. The highest BCUT2D eigenvalue weighted by Gasteiger charge is 2.29. The molecule has 0 fully saturated rings. The normalized spacial score (nSPS) is 35.3. The molecule has 0 amide bonds. The minimum Gasteiger partial charge on any atom is -0.457 e. The second-order valence-electron chi connectivity index (χ2n) is 2.93. The van der Waals surface area contributed by atoms with Gasteiger partial charge in [-0.05, 0) is 13.0 Å². The summed E-state index contributed by atoms with van der Waals surface area (Å²) in [5.41, 5.74) is -0.448. The van der Waals surface area contributed by atoms with Crippen LogP contribution in [0.1, 0.15) is 13.8 Å². The van der Waals surface area contributed by atoms with Gasteiger partial charge >= 0.3 is 0 Å². The van der Waals surface area contributed by atoms with E-state index in [0.29, 0.717) is 6.47 Å². The number of allylic oxidation sites excluding steroid dienone is 2. The minimum atomic E-state index is -0.448. The van der Waals surface area contributed by atoms with Gasteiger partial charge in [0.05, 0.1) is 0 Å². The number of rotatable bonds is 2.